The lowest BCUT2D eigenvalue weighted by Gasteiger charge is -2.29. The normalized spacial score (nSPS) is 14.5. The lowest BCUT2D eigenvalue weighted by atomic mass is 10.2. The molecule has 1 aliphatic heterocycles. The van der Waals surface area contributed by atoms with E-state index in [0.717, 1.165) is 50.2 Å². The molecular formula is C19H26IN5O. The van der Waals surface area contributed by atoms with E-state index in [1.165, 1.54) is 5.56 Å². The largest absolute Gasteiger partial charge is 0.378 e. The second kappa shape index (κ2) is 11.0. The van der Waals surface area contributed by atoms with Gasteiger partial charge in [0.2, 0.25) is 0 Å². The molecule has 140 valence electrons. The Morgan fingerprint density at radius 1 is 1.08 bits per heavy atom. The van der Waals surface area contributed by atoms with E-state index >= 15 is 0 Å². The van der Waals surface area contributed by atoms with E-state index in [9.17, 15) is 0 Å². The van der Waals surface area contributed by atoms with Crippen LogP contribution in [0.2, 0.25) is 0 Å². The number of nitrogens with one attached hydrogen (secondary N) is 2. The molecule has 3 rings (SSSR count). The average Bonchev–Trinajstić information content (AvgIpc) is 2.70. The van der Waals surface area contributed by atoms with Crippen molar-refractivity contribution < 1.29 is 4.74 Å². The number of rotatable bonds is 5. The number of hydrogen-bond donors (Lipinski definition) is 2. The minimum Gasteiger partial charge on any atom is -0.378 e. The number of aliphatic imine (C=N–C) groups is 1. The number of pyridine rings is 1. The number of nitrogens with zero attached hydrogens (tertiary/aromatic N) is 3. The van der Waals surface area contributed by atoms with Crippen molar-refractivity contribution in [3.05, 3.63) is 59.8 Å². The summed E-state index contributed by atoms with van der Waals surface area (Å²) >= 11 is 0. The van der Waals surface area contributed by atoms with Gasteiger partial charge in [0.15, 0.2) is 5.96 Å². The summed E-state index contributed by atoms with van der Waals surface area (Å²) in [6, 6.07) is 14.4. The third kappa shape index (κ3) is 5.84. The van der Waals surface area contributed by atoms with Gasteiger partial charge < -0.3 is 20.3 Å². The van der Waals surface area contributed by atoms with E-state index in [4.69, 9.17) is 4.74 Å². The summed E-state index contributed by atoms with van der Waals surface area (Å²) in [5.74, 6) is 1.80. The predicted octanol–water partition coefficient (Wildman–Crippen LogP) is 2.40. The first kappa shape index (κ1) is 20.4. The van der Waals surface area contributed by atoms with Gasteiger partial charge in [0.1, 0.15) is 5.82 Å². The highest BCUT2D eigenvalue weighted by molar-refractivity contribution is 14.0. The molecule has 0 bridgehead atoms. The summed E-state index contributed by atoms with van der Waals surface area (Å²) in [6.45, 7) is 4.68. The summed E-state index contributed by atoms with van der Waals surface area (Å²) in [5.41, 5.74) is 2.38. The van der Waals surface area contributed by atoms with Crippen LogP contribution in [-0.4, -0.2) is 44.3 Å². The maximum absolute atomic E-state index is 5.44. The first-order valence-electron chi connectivity index (χ1n) is 8.62. The van der Waals surface area contributed by atoms with Crippen molar-refractivity contribution in [2.24, 2.45) is 4.99 Å². The number of guanidine groups is 1. The molecule has 0 atom stereocenters. The van der Waals surface area contributed by atoms with Gasteiger partial charge in [-0.3, -0.25) is 4.99 Å². The fourth-order valence-electron chi connectivity index (χ4n) is 2.81. The quantitative estimate of drug-likeness (QED) is 0.402. The zero-order chi connectivity index (χ0) is 17.3. The van der Waals surface area contributed by atoms with Crippen LogP contribution < -0.4 is 15.5 Å². The van der Waals surface area contributed by atoms with Crippen LogP contribution in [0.5, 0.6) is 0 Å². The molecule has 1 aromatic carbocycles. The maximum Gasteiger partial charge on any atom is 0.191 e. The van der Waals surface area contributed by atoms with Crippen molar-refractivity contribution in [3.63, 3.8) is 0 Å². The topological polar surface area (TPSA) is 61.8 Å². The highest BCUT2D eigenvalue weighted by atomic mass is 127. The smallest absolute Gasteiger partial charge is 0.191 e. The summed E-state index contributed by atoms with van der Waals surface area (Å²) in [5, 5.41) is 6.72. The second-order valence-corrected chi connectivity index (χ2v) is 5.85. The fraction of sp³-hybridized carbons (Fsp3) is 0.368. The van der Waals surface area contributed by atoms with Crippen LogP contribution in [0.3, 0.4) is 0 Å². The molecule has 0 aliphatic carbocycles. The fourth-order valence-corrected chi connectivity index (χ4v) is 2.81. The van der Waals surface area contributed by atoms with E-state index in [-0.39, 0.29) is 24.0 Å². The molecule has 2 aromatic rings. The molecular weight excluding hydrogens is 441 g/mol. The van der Waals surface area contributed by atoms with Gasteiger partial charge in [-0.2, -0.15) is 0 Å². The number of hydrogen-bond acceptors (Lipinski definition) is 4. The number of halogens is 1. The Morgan fingerprint density at radius 3 is 2.54 bits per heavy atom. The van der Waals surface area contributed by atoms with Crippen LogP contribution in [0.15, 0.2) is 53.7 Å². The van der Waals surface area contributed by atoms with E-state index in [2.05, 4.69) is 43.7 Å². The van der Waals surface area contributed by atoms with Gasteiger partial charge in [0, 0.05) is 45.0 Å². The summed E-state index contributed by atoms with van der Waals surface area (Å²) < 4.78 is 5.44. The first-order chi connectivity index (χ1) is 12.4. The van der Waals surface area contributed by atoms with Crippen molar-refractivity contribution in [1.29, 1.82) is 0 Å². The monoisotopic (exact) mass is 467 g/mol. The number of ether oxygens (including phenoxy) is 1. The molecule has 1 aliphatic rings. The van der Waals surface area contributed by atoms with E-state index in [0.29, 0.717) is 6.54 Å². The molecule has 0 saturated carbocycles. The van der Waals surface area contributed by atoms with Crippen LogP contribution in [0.4, 0.5) is 5.82 Å². The van der Waals surface area contributed by atoms with Crippen molar-refractivity contribution in [2.45, 2.75) is 13.1 Å². The molecule has 0 amide bonds. The van der Waals surface area contributed by atoms with Crippen molar-refractivity contribution in [1.82, 2.24) is 15.6 Å². The number of aromatic nitrogens is 1. The molecule has 2 heterocycles. The standard InChI is InChI=1S/C19H25N5O.HI/c1-20-19(22-14-16-6-3-2-4-7-16)23-15-17-8-5-9-21-18(17)24-10-12-25-13-11-24;/h2-9H,10-15H2,1H3,(H2,20,22,23);1H. The lowest BCUT2D eigenvalue weighted by Crippen LogP contribution is -2.39. The lowest BCUT2D eigenvalue weighted by molar-refractivity contribution is 0.122. The van der Waals surface area contributed by atoms with Gasteiger partial charge >= 0.3 is 0 Å². The van der Waals surface area contributed by atoms with Gasteiger partial charge in [0.25, 0.3) is 0 Å². The Labute approximate surface area is 172 Å². The van der Waals surface area contributed by atoms with Crippen molar-refractivity contribution >= 4 is 35.8 Å². The van der Waals surface area contributed by atoms with Crippen LogP contribution in [0.25, 0.3) is 0 Å². The van der Waals surface area contributed by atoms with E-state index in [1.807, 2.05) is 30.5 Å². The zero-order valence-electron chi connectivity index (χ0n) is 15.0. The van der Waals surface area contributed by atoms with Gasteiger partial charge in [-0.05, 0) is 11.6 Å². The molecule has 6 nitrogen and oxygen atoms in total. The summed E-state index contributed by atoms with van der Waals surface area (Å²) in [7, 11) is 1.78. The van der Waals surface area contributed by atoms with Crippen molar-refractivity contribution in [2.75, 3.05) is 38.3 Å². The van der Waals surface area contributed by atoms with Crippen molar-refractivity contribution in [3.8, 4) is 0 Å². The van der Waals surface area contributed by atoms with Gasteiger partial charge in [-0.25, -0.2) is 4.98 Å². The number of anilines is 1. The molecule has 26 heavy (non-hydrogen) atoms. The Balaban J connectivity index is 0.00000243. The van der Waals surface area contributed by atoms with Crippen LogP contribution >= 0.6 is 24.0 Å². The SMILES string of the molecule is CN=C(NCc1ccccc1)NCc1cccnc1N1CCOCC1.I. The van der Waals surface area contributed by atoms with E-state index < -0.39 is 0 Å². The molecule has 1 aromatic heterocycles. The Hall–Kier alpha value is -1.87. The maximum atomic E-state index is 5.44. The molecule has 1 saturated heterocycles. The first-order valence-corrected chi connectivity index (χ1v) is 8.62. The second-order valence-electron chi connectivity index (χ2n) is 5.85. The van der Waals surface area contributed by atoms with Crippen LogP contribution in [0, 0.1) is 0 Å². The zero-order valence-corrected chi connectivity index (χ0v) is 17.3. The molecule has 1 fully saturated rings. The van der Waals surface area contributed by atoms with Crippen LogP contribution in [0.1, 0.15) is 11.1 Å². The minimum atomic E-state index is 0. The molecule has 0 radical (unpaired) electrons. The summed E-state index contributed by atoms with van der Waals surface area (Å²) in [4.78, 5) is 11.1. The summed E-state index contributed by atoms with van der Waals surface area (Å²) in [6.07, 6.45) is 1.84. The van der Waals surface area contributed by atoms with Crippen LogP contribution in [-0.2, 0) is 17.8 Å². The highest BCUT2D eigenvalue weighted by Crippen LogP contribution is 2.18. The average molecular weight is 467 g/mol. The predicted molar refractivity (Wildman–Crippen MR) is 116 cm³/mol. The third-order valence-electron chi connectivity index (χ3n) is 4.15. The molecule has 0 spiro atoms. The van der Waals surface area contributed by atoms with E-state index in [1.54, 1.807) is 7.05 Å². The molecule has 7 heteroatoms. The van der Waals surface area contributed by atoms with Gasteiger partial charge in [-0.15, -0.1) is 24.0 Å². The molecule has 2 N–H and O–H groups in total. The van der Waals surface area contributed by atoms with Gasteiger partial charge in [-0.1, -0.05) is 36.4 Å². The Morgan fingerprint density at radius 2 is 1.81 bits per heavy atom. The molecule has 0 unspecified atom stereocenters. The third-order valence-corrected chi connectivity index (χ3v) is 4.15. The number of morpholine rings is 1. The van der Waals surface area contributed by atoms with Gasteiger partial charge in [0.05, 0.1) is 13.2 Å². The number of benzene rings is 1. The highest BCUT2D eigenvalue weighted by Gasteiger charge is 2.15. The Kier molecular flexibility index (Phi) is 8.63. The Bertz CT molecular complexity index is 689. The minimum absolute atomic E-state index is 0.